The molecule has 1 rings (SSSR count). The van der Waals surface area contributed by atoms with Gasteiger partial charge in [-0.3, -0.25) is 0 Å². The smallest absolute Gasteiger partial charge is 0.0831 e. The van der Waals surface area contributed by atoms with E-state index in [1.54, 1.807) is 0 Å². The van der Waals surface area contributed by atoms with Crippen LogP contribution in [0.4, 0.5) is 0 Å². The van der Waals surface area contributed by atoms with Gasteiger partial charge in [-0.25, -0.2) is 0 Å². The summed E-state index contributed by atoms with van der Waals surface area (Å²) >= 11 is 0. The van der Waals surface area contributed by atoms with Gasteiger partial charge in [0.2, 0.25) is 0 Å². The van der Waals surface area contributed by atoms with E-state index in [1.165, 1.54) is 0 Å². The molecule has 1 heterocycles. The van der Waals surface area contributed by atoms with Crippen LogP contribution in [0.5, 0.6) is 0 Å². The van der Waals surface area contributed by atoms with E-state index in [9.17, 15) is 0 Å². The first-order valence-corrected chi connectivity index (χ1v) is 5.61. The zero-order valence-corrected chi connectivity index (χ0v) is 9.58. The summed E-state index contributed by atoms with van der Waals surface area (Å²) in [5.74, 6) is 0.701. The zero-order chi connectivity index (χ0) is 10.4. The average Bonchev–Trinajstić information content (AvgIpc) is 2.63. The summed E-state index contributed by atoms with van der Waals surface area (Å²) in [6.45, 7) is 10.1. The van der Waals surface area contributed by atoms with Crippen molar-refractivity contribution < 1.29 is 9.47 Å². The molecule has 0 aromatic carbocycles. The Balaban J connectivity index is 1.99. The lowest BCUT2D eigenvalue weighted by Gasteiger charge is -2.17. The van der Waals surface area contributed by atoms with Crippen molar-refractivity contribution in [2.24, 2.45) is 5.92 Å². The molecular weight excluding hydrogens is 178 g/mol. The van der Waals surface area contributed by atoms with Crippen LogP contribution in [-0.2, 0) is 9.47 Å². The maximum Gasteiger partial charge on any atom is 0.0831 e. The van der Waals surface area contributed by atoms with Crippen LogP contribution in [0.2, 0.25) is 0 Å². The minimum atomic E-state index is 0.332. The summed E-state index contributed by atoms with van der Waals surface area (Å²) in [5.41, 5.74) is 0. The molecule has 14 heavy (non-hydrogen) atoms. The van der Waals surface area contributed by atoms with Gasteiger partial charge >= 0.3 is 0 Å². The van der Waals surface area contributed by atoms with Gasteiger partial charge < -0.3 is 14.8 Å². The third-order valence-electron chi connectivity index (χ3n) is 2.34. The lowest BCUT2D eigenvalue weighted by Crippen LogP contribution is -2.34. The van der Waals surface area contributed by atoms with Crippen LogP contribution in [0, 0.1) is 5.92 Å². The molecule has 0 amide bonds. The maximum atomic E-state index is 5.71. The van der Waals surface area contributed by atoms with Crippen LogP contribution in [0.3, 0.4) is 0 Å². The van der Waals surface area contributed by atoms with E-state index in [0.29, 0.717) is 18.1 Å². The minimum Gasteiger partial charge on any atom is -0.379 e. The van der Waals surface area contributed by atoms with Gasteiger partial charge in [-0.05, 0) is 25.8 Å². The Morgan fingerprint density at radius 1 is 1.43 bits per heavy atom. The van der Waals surface area contributed by atoms with Gasteiger partial charge in [0, 0.05) is 12.6 Å². The summed E-state index contributed by atoms with van der Waals surface area (Å²) in [7, 11) is 0. The highest BCUT2D eigenvalue weighted by atomic mass is 16.5. The molecule has 0 aliphatic carbocycles. The monoisotopic (exact) mass is 201 g/mol. The topological polar surface area (TPSA) is 30.5 Å². The fourth-order valence-electron chi connectivity index (χ4n) is 1.42. The average molecular weight is 201 g/mol. The Morgan fingerprint density at radius 3 is 2.79 bits per heavy atom. The first-order valence-electron chi connectivity index (χ1n) is 5.61. The van der Waals surface area contributed by atoms with E-state index in [0.717, 1.165) is 32.8 Å². The van der Waals surface area contributed by atoms with Crippen LogP contribution in [0.25, 0.3) is 0 Å². The lowest BCUT2D eigenvalue weighted by atomic mass is 10.2. The highest BCUT2D eigenvalue weighted by Crippen LogP contribution is 2.08. The molecule has 0 saturated carbocycles. The molecule has 0 aromatic rings. The predicted octanol–water partition coefficient (Wildman–Crippen LogP) is 1.43. The molecular formula is C11H23NO2. The van der Waals surface area contributed by atoms with E-state index in [4.69, 9.17) is 9.47 Å². The molecule has 1 N–H and O–H groups in total. The van der Waals surface area contributed by atoms with Crippen molar-refractivity contribution in [3.63, 3.8) is 0 Å². The van der Waals surface area contributed by atoms with Crippen molar-refractivity contribution in [3.05, 3.63) is 0 Å². The number of nitrogens with one attached hydrogen (secondary N) is 1. The molecule has 3 heteroatoms. The highest BCUT2D eigenvalue weighted by molar-refractivity contribution is 4.66. The number of rotatable bonds is 6. The second-order valence-electron chi connectivity index (χ2n) is 4.52. The summed E-state index contributed by atoms with van der Waals surface area (Å²) in [4.78, 5) is 0. The van der Waals surface area contributed by atoms with Crippen LogP contribution in [0.1, 0.15) is 27.2 Å². The molecule has 84 valence electrons. The number of hydrogen-bond donors (Lipinski definition) is 1. The highest BCUT2D eigenvalue weighted by Gasteiger charge is 2.16. The summed E-state index contributed by atoms with van der Waals surface area (Å²) < 4.78 is 11.0. The molecule has 0 radical (unpaired) electrons. The molecule has 0 spiro atoms. The fraction of sp³-hybridized carbons (Fsp3) is 1.00. The van der Waals surface area contributed by atoms with Crippen molar-refractivity contribution in [1.29, 1.82) is 0 Å². The molecule has 0 bridgehead atoms. The molecule has 2 atom stereocenters. The molecule has 1 fully saturated rings. The van der Waals surface area contributed by atoms with E-state index in [2.05, 4.69) is 26.1 Å². The molecule has 1 aliphatic heterocycles. The molecule has 1 saturated heterocycles. The van der Waals surface area contributed by atoms with Gasteiger partial charge in [0.25, 0.3) is 0 Å². The Kier molecular flexibility index (Phi) is 5.45. The Bertz CT molecular complexity index is 144. The van der Waals surface area contributed by atoms with Gasteiger partial charge in [-0.15, -0.1) is 0 Å². The summed E-state index contributed by atoms with van der Waals surface area (Å²) in [6.07, 6.45) is 1.38. The van der Waals surface area contributed by atoms with Gasteiger partial charge in [0.1, 0.15) is 0 Å². The van der Waals surface area contributed by atoms with E-state index in [1.807, 2.05) is 0 Å². The van der Waals surface area contributed by atoms with Gasteiger partial charge in [-0.1, -0.05) is 13.8 Å². The van der Waals surface area contributed by atoms with Gasteiger partial charge in [-0.2, -0.15) is 0 Å². The molecule has 3 nitrogen and oxygen atoms in total. The van der Waals surface area contributed by atoms with Crippen molar-refractivity contribution in [3.8, 4) is 0 Å². The van der Waals surface area contributed by atoms with Crippen LogP contribution in [-0.4, -0.2) is 38.5 Å². The minimum absolute atomic E-state index is 0.332. The third-order valence-corrected chi connectivity index (χ3v) is 2.34. The zero-order valence-electron chi connectivity index (χ0n) is 9.58. The lowest BCUT2D eigenvalue weighted by molar-refractivity contribution is 0.0321. The molecule has 1 aliphatic rings. The summed E-state index contributed by atoms with van der Waals surface area (Å²) in [6, 6.07) is 0.443. The number of ether oxygens (including phenoxy) is 2. The van der Waals surface area contributed by atoms with Crippen molar-refractivity contribution in [2.75, 3.05) is 26.4 Å². The van der Waals surface area contributed by atoms with Crippen molar-refractivity contribution in [2.45, 2.75) is 39.3 Å². The molecule has 2 unspecified atom stereocenters. The first-order chi connectivity index (χ1) is 6.68. The summed E-state index contributed by atoms with van der Waals surface area (Å²) in [5, 5.41) is 3.44. The maximum absolute atomic E-state index is 5.71. The van der Waals surface area contributed by atoms with E-state index < -0.39 is 0 Å². The van der Waals surface area contributed by atoms with Crippen LogP contribution in [0.15, 0.2) is 0 Å². The van der Waals surface area contributed by atoms with Gasteiger partial charge in [0.05, 0.1) is 19.3 Å². The first kappa shape index (κ1) is 12.0. The van der Waals surface area contributed by atoms with Gasteiger partial charge in [0.15, 0.2) is 0 Å². The van der Waals surface area contributed by atoms with E-state index in [-0.39, 0.29) is 0 Å². The van der Waals surface area contributed by atoms with Crippen molar-refractivity contribution in [1.82, 2.24) is 5.32 Å². The number of hydrogen-bond acceptors (Lipinski definition) is 3. The van der Waals surface area contributed by atoms with E-state index >= 15 is 0 Å². The molecule has 0 aromatic heterocycles. The quantitative estimate of drug-likeness (QED) is 0.705. The fourth-order valence-corrected chi connectivity index (χ4v) is 1.42. The Hall–Kier alpha value is -0.120. The SMILES string of the molecule is CC(C)CNC(C)COC1CCOC1. The predicted molar refractivity (Wildman–Crippen MR) is 57.5 cm³/mol. The Labute approximate surface area is 87.2 Å². The third kappa shape index (κ3) is 4.94. The second kappa shape index (κ2) is 6.38. The normalized spacial score (nSPS) is 24.4. The van der Waals surface area contributed by atoms with Crippen molar-refractivity contribution >= 4 is 0 Å². The largest absolute Gasteiger partial charge is 0.379 e. The van der Waals surface area contributed by atoms with Crippen LogP contribution < -0.4 is 5.32 Å². The second-order valence-corrected chi connectivity index (χ2v) is 4.52. The van der Waals surface area contributed by atoms with Crippen LogP contribution >= 0.6 is 0 Å². The standard InChI is InChI=1S/C11H23NO2/c1-9(2)6-12-10(3)7-14-11-4-5-13-8-11/h9-12H,4-8H2,1-3H3. The Morgan fingerprint density at radius 2 is 2.21 bits per heavy atom.